The van der Waals surface area contributed by atoms with E-state index in [1.165, 1.54) is 81.3 Å². The number of aromatic amines is 2. The van der Waals surface area contributed by atoms with E-state index < -0.39 is 17.6 Å². The fourth-order valence-electron chi connectivity index (χ4n) is 6.42. The Labute approximate surface area is 422 Å². The number of carbonyl (C=O) groups excluding carboxylic acids is 2. The van der Waals surface area contributed by atoms with Gasteiger partial charge in [-0.25, -0.2) is 18.0 Å². The number of carbonyl (C=O) groups is 3. The summed E-state index contributed by atoms with van der Waals surface area (Å²) in [5, 5.41) is 51.4. The second-order valence-corrected chi connectivity index (χ2v) is 16.0. The number of hydrogen-bond acceptors (Lipinski definition) is 10. The molecule has 2 heterocycles. The predicted octanol–water partition coefficient (Wildman–Crippen LogP) is 5.73. The van der Waals surface area contributed by atoms with Gasteiger partial charge < -0.3 is 37.8 Å². The van der Waals surface area contributed by atoms with E-state index >= 15 is 0 Å². The van der Waals surface area contributed by atoms with Crippen molar-refractivity contribution in [2.75, 3.05) is 19.6 Å². The molecule has 0 aliphatic heterocycles. The number of amides is 1. The van der Waals surface area contributed by atoms with Gasteiger partial charge in [0.1, 0.15) is 40.4 Å². The van der Waals surface area contributed by atoms with Crippen LogP contribution in [0.15, 0.2) is 66.7 Å². The summed E-state index contributed by atoms with van der Waals surface area (Å²) in [4.78, 5) is 34.5. The number of hydrogen-bond donors (Lipinski definition) is 8. The van der Waals surface area contributed by atoms with Crippen molar-refractivity contribution in [3.8, 4) is 17.2 Å². The third-order valence-electron chi connectivity index (χ3n) is 10.9. The Hall–Kier alpha value is -4.85. The van der Waals surface area contributed by atoms with Gasteiger partial charge in [-0.2, -0.15) is 10.2 Å². The summed E-state index contributed by atoms with van der Waals surface area (Å²) in [5.74, 6) is -0.910. The number of halogens is 4. The zero-order chi connectivity index (χ0) is 45.9. The summed E-state index contributed by atoms with van der Waals surface area (Å²) in [6.45, 7) is 6.79. The van der Waals surface area contributed by atoms with E-state index in [9.17, 15) is 32.7 Å². The van der Waals surface area contributed by atoms with Crippen LogP contribution in [0.5, 0.6) is 17.2 Å². The number of aldehydes is 1. The molecule has 3 aliphatic rings. The summed E-state index contributed by atoms with van der Waals surface area (Å²) >= 11 is 0. The SMILES string of the molecule is C.Cc1cc(C(=O)N(Cc2ccc(O)cc2F)CC2CCC2)n[nH]1.Cc1cc(C(=O)O)n[nH]1.Cl.NCC1CCC1.O=Cc1ccc(O)cc1F.Oc1ccc(CNCC2CCC2)c(F)c1.[B].[H-].[Na+]. The molecule has 14 nitrogen and oxygen atoms in total. The molecule has 1 amide bonds. The van der Waals surface area contributed by atoms with Crippen LogP contribution in [-0.2, 0) is 13.1 Å². The molecule has 0 unspecified atom stereocenters. The van der Waals surface area contributed by atoms with Gasteiger partial charge in [0, 0.05) is 68.8 Å². The zero-order valence-electron chi connectivity index (χ0n) is 38.6. The number of aryl methyl sites for hydroxylation is 2. The van der Waals surface area contributed by atoms with E-state index in [1.54, 1.807) is 24.0 Å². The number of carboxylic acids is 1. The summed E-state index contributed by atoms with van der Waals surface area (Å²) in [7, 11) is 0. The maximum Gasteiger partial charge on any atom is 1.00 e. The molecule has 3 aromatic carbocycles. The van der Waals surface area contributed by atoms with Crippen LogP contribution in [0.3, 0.4) is 0 Å². The van der Waals surface area contributed by atoms with Crippen LogP contribution in [0.4, 0.5) is 13.2 Å². The number of H-pyrrole nitrogens is 2. The van der Waals surface area contributed by atoms with Crippen molar-refractivity contribution in [1.82, 2.24) is 30.6 Å². The molecular formula is C47H64BClF3N7NaO7. The van der Waals surface area contributed by atoms with Gasteiger partial charge in [0.15, 0.2) is 12.0 Å². The largest absolute Gasteiger partial charge is 1.00 e. The number of nitrogens with one attached hydrogen (secondary N) is 3. The van der Waals surface area contributed by atoms with Gasteiger partial charge in [-0.1, -0.05) is 38.8 Å². The smallest absolute Gasteiger partial charge is 1.00 e. The normalized spacial score (nSPS) is 13.4. The number of aromatic carboxylic acids is 1. The number of aromatic nitrogens is 4. The third-order valence-corrected chi connectivity index (χ3v) is 10.9. The van der Waals surface area contributed by atoms with E-state index in [-0.39, 0.29) is 106 Å². The second kappa shape index (κ2) is 32.0. The van der Waals surface area contributed by atoms with Gasteiger partial charge in [-0.15, -0.1) is 12.4 Å². The molecule has 0 spiro atoms. The van der Waals surface area contributed by atoms with E-state index in [0.29, 0.717) is 42.1 Å². The number of phenols is 3. The summed E-state index contributed by atoms with van der Waals surface area (Å²) in [5.41, 5.74) is 8.28. The van der Waals surface area contributed by atoms with Gasteiger partial charge in [0.05, 0.1) is 5.56 Å². The van der Waals surface area contributed by atoms with Crippen molar-refractivity contribution in [2.24, 2.45) is 23.5 Å². The Kier molecular flexibility index (Phi) is 29.7. The van der Waals surface area contributed by atoms with E-state index in [4.69, 9.17) is 21.1 Å². The maximum absolute atomic E-state index is 14.0. The first-order chi connectivity index (χ1) is 30.1. The van der Waals surface area contributed by atoms with E-state index in [1.807, 2.05) is 6.92 Å². The molecule has 0 atom stereocenters. The Bertz CT molecular complexity index is 2250. The number of nitrogens with two attached hydrogens (primary N) is 1. The molecule has 361 valence electrons. The molecular weight excluding hydrogens is 901 g/mol. The van der Waals surface area contributed by atoms with Crippen molar-refractivity contribution in [3.63, 3.8) is 0 Å². The fourth-order valence-corrected chi connectivity index (χ4v) is 6.42. The number of phenolic OH excluding ortho intramolecular Hbond substituents is 3. The number of benzene rings is 3. The minimum atomic E-state index is -1.00. The van der Waals surface area contributed by atoms with Gasteiger partial charge in [0.2, 0.25) is 0 Å². The predicted molar refractivity (Wildman–Crippen MR) is 252 cm³/mol. The van der Waals surface area contributed by atoms with Gasteiger partial charge in [0.25, 0.3) is 5.91 Å². The molecule has 20 heteroatoms. The van der Waals surface area contributed by atoms with Crippen LogP contribution < -0.4 is 40.6 Å². The summed E-state index contributed by atoms with van der Waals surface area (Å²) in [6.07, 6.45) is 11.9. The first-order valence-corrected chi connectivity index (χ1v) is 21.0. The van der Waals surface area contributed by atoms with Crippen molar-refractivity contribution in [2.45, 2.75) is 92.2 Å². The van der Waals surface area contributed by atoms with Crippen LogP contribution in [0, 0.1) is 49.1 Å². The monoisotopic (exact) mass is 964 g/mol. The zero-order valence-corrected chi connectivity index (χ0v) is 40.4. The van der Waals surface area contributed by atoms with E-state index in [0.717, 1.165) is 67.4 Å². The van der Waals surface area contributed by atoms with Crippen molar-refractivity contribution in [3.05, 3.63) is 124 Å². The quantitative estimate of drug-likeness (QED) is 0.0557. The fraction of sp³-hybridized carbons (Fsp3) is 0.426. The minimum Gasteiger partial charge on any atom is -1.00 e. The van der Waals surface area contributed by atoms with Gasteiger partial charge in [-0.3, -0.25) is 19.8 Å². The molecule has 8 rings (SSSR count). The average Bonchev–Trinajstić information content (AvgIpc) is 3.84. The van der Waals surface area contributed by atoms with Crippen molar-refractivity contribution >= 4 is 39.0 Å². The Morgan fingerprint density at radius 2 is 1.22 bits per heavy atom. The molecule has 9 N–H and O–H groups in total. The molecule has 3 saturated carbocycles. The first-order valence-electron chi connectivity index (χ1n) is 21.0. The molecule has 0 bridgehead atoms. The number of aromatic hydroxyl groups is 3. The molecule has 2 aromatic heterocycles. The Balaban J connectivity index is 0. The standard InChI is InChI=1S/C17H20FN3O2.C12H16FNO.C7H5FO2.C5H6N2O2.C5H11N.CH4.B.ClH.Na.H/c1-11-7-16(20-19-11)17(23)21(9-12-3-2-4-12)10-13-5-6-14(22)8-15(13)18;13-12-6-11(15)5-4-10(12)8-14-7-9-2-1-3-9;8-7-3-6(10)2-1-5(7)4-9;1-3-2-4(5(8)9)7-6-3;6-4-5-2-1-3-5;;;;;/h5-8,12,22H,2-4,9-10H2,1H3,(H,19,20);4-6,9,14-15H,1-3,7-8H2;1-4,10H;2H,1H3,(H,6,7)(H,8,9);5H,1-4,6H2;1H4;;1H;;/q;;;;;;;;+1;-1. The third kappa shape index (κ3) is 21.3. The van der Waals surface area contributed by atoms with Crippen LogP contribution in [-0.4, -0.2) is 91.9 Å². The Morgan fingerprint density at radius 3 is 1.58 bits per heavy atom. The first kappa shape index (κ1) is 62.2. The van der Waals surface area contributed by atoms with Crippen LogP contribution in [0.1, 0.15) is 120 Å². The van der Waals surface area contributed by atoms with Crippen LogP contribution >= 0.6 is 12.4 Å². The number of carboxylic acid groups (broad SMARTS) is 1. The minimum absolute atomic E-state index is 0. The van der Waals surface area contributed by atoms with E-state index in [2.05, 4.69) is 25.7 Å². The topological polar surface area (TPSA) is 231 Å². The Morgan fingerprint density at radius 1 is 0.761 bits per heavy atom. The number of nitrogens with zero attached hydrogens (tertiary/aromatic N) is 3. The van der Waals surface area contributed by atoms with Gasteiger partial charge in [-0.05, 0) is 120 Å². The van der Waals surface area contributed by atoms with Crippen LogP contribution in [0.2, 0.25) is 0 Å². The molecule has 0 saturated heterocycles. The maximum atomic E-state index is 14.0. The number of rotatable bonds is 12. The van der Waals surface area contributed by atoms with Crippen molar-refractivity contribution in [1.29, 1.82) is 0 Å². The van der Waals surface area contributed by atoms with Gasteiger partial charge >= 0.3 is 35.5 Å². The molecule has 67 heavy (non-hydrogen) atoms. The molecule has 5 aromatic rings. The summed E-state index contributed by atoms with van der Waals surface area (Å²) in [6, 6.07) is 14.9. The second-order valence-electron chi connectivity index (χ2n) is 16.0. The summed E-state index contributed by atoms with van der Waals surface area (Å²) < 4.78 is 39.7. The molecule has 3 radical (unpaired) electrons. The molecule has 3 aliphatic carbocycles. The van der Waals surface area contributed by atoms with Crippen LogP contribution in [0.25, 0.3) is 0 Å². The molecule has 3 fully saturated rings. The van der Waals surface area contributed by atoms with Crippen molar-refractivity contribution < 1.29 is 79.0 Å². The average molecular weight is 965 g/mol.